The number of allylic oxidation sites excluding steroid dienone is 1. The number of aromatic nitrogens is 4. The van der Waals surface area contributed by atoms with E-state index in [-0.39, 0.29) is 22.6 Å². The number of halogens is 3. The highest BCUT2D eigenvalue weighted by Gasteiger charge is 2.28. The fraction of sp³-hybridized carbons (Fsp3) is 0.417. The van der Waals surface area contributed by atoms with Crippen LogP contribution < -0.4 is 15.0 Å². The number of carbonyl (C=O) groups is 1. The lowest BCUT2D eigenvalue weighted by atomic mass is 10.1. The van der Waals surface area contributed by atoms with E-state index in [0.29, 0.717) is 54.9 Å². The van der Waals surface area contributed by atoms with Gasteiger partial charge in [0.1, 0.15) is 40.8 Å². The summed E-state index contributed by atoms with van der Waals surface area (Å²) >= 11 is 10.3. The van der Waals surface area contributed by atoms with Gasteiger partial charge in [-0.25, -0.2) is 28.7 Å². The third kappa shape index (κ3) is 11.4. The zero-order valence-corrected chi connectivity index (χ0v) is 32.7. The van der Waals surface area contributed by atoms with Crippen LogP contribution >= 0.6 is 27.5 Å². The Balaban J connectivity index is 0.00000169. The Morgan fingerprint density at radius 3 is 2.53 bits per heavy atom. The number of fused-ring (bicyclic) bond motifs is 1. The molecule has 1 aromatic carbocycles. The first kappa shape index (κ1) is 41.2. The summed E-state index contributed by atoms with van der Waals surface area (Å²) in [5, 5.41) is 14.4. The molecule has 276 valence electrons. The molecule has 0 bridgehead atoms. The summed E-state index contributed by atoms with van der Waals surface area (Å²) < 4.78 is 29.4. The van der Waals surface area contributed by atoms with Gasteiger partial charge in [0.05, 0.1) is 15.2 Å². The van der Waals surface area contributed by atoms with E-state index in [9.17, 15) is 4.79 Å². The Kier molecular flexibility index (Phi) is 15.6. The molecule has 0 aliphatic carbocycles. The van der Waals surface area contributed by atoms with E-state index in [1.807, 2.05) is 53.7 Å². The van der Waals surface area contributed by atoms with Crippen molar-refractivity contribution in [2.75, 3.05) is 43.5 Å². The molecule has 1 aliphatic rings. The SMILES string of the molecule is CC.CCC/C=C/N=C(Nc1cc(Cl)c(Oc2ccn3ncnc3c2)cc1F)c1nc(N2CCN(C(=O)OC(C)(C)C)CC2)c(Br)cc1C.CO. The highest BCUT2D eigenvalue weighted by atomic mass is 79.9. The monoisotopic (exact) mass is 788 g/mol. The van der Waals surface area contributed by atoms with E-state index in [2.05, 4.69) is 48.1 Å². The third-order valence-corrected chi connectivity index (χ3v) is 8.00. The van der Waals surface area contributed by atoms with Crippen LogP contribution in [0.15, 0.2) is 64.6 Å². The molecule has 1 aliphatic heterocycles. The number of hydrogen-bond acceptors (Lipinski definition) is 9. The second-order valence-electron chi connectivity index (χ2n) is 12.0. The van der Waals surface area contributed by atoms with Gasteiger partial charge in [-0.2, -0.15) is 5.10 Å². The molecule has 12 nitrogen and oxygen atoms in total. The molecule has 1 fully saturated rings. The van der Waals surface area contributed by atoms with Gasteiger partial charge >= 0.3 is 6.09 Å². The number of anilines is 2. The molecule has 0 saturated carbocycles. The van der Waals surface area contributed by atoms with Crippen LogP contribution in [0, 0.1) is 12.7 Å². The molecular weight excluding hydrogens is 743 g/mol. The number of unbranched alkanes of at least 4 members (excludes halogenated alkanes) is 1. The molecule has 51 heavy (non-hydrogen) atoms. The second kappa shape index (κ2) is 19.4. The van der Waals surface area contributed by atoms with Gasteiger partial charge in [-0.3, -0.25) is 0 Å². The van der Waals surface area contributed by atoms with Crippen LogP contribution in [0.2, 0.25) is 5.02 Å². The van der Waals surface area contributed by atoms with Crippen LogP contribution in [0.5, 0.6) is 11.5 Å². The fourth-order valence-corrected chi connectivity index (χ4v) is 5.68. The molecule has 1 saturated heterocycles. The highest BCUT2D eigenvalue weighted by molar-refractivity contribution is 9.10. The summed E-state index contributed by atoms with van der Waals surface area (Å²) in [6, 6.07) is 8.00. The van der Waals surface area contributed by atoms with Crippen LogP contribution in [-0.2, 0) is 4.74 Å². The number of aliphatic imine (C=N–C) groups is 1. The smallest absolute Gasteiger partial charge is 0.410 e. The molecule has 3 aromatic heterocycles. The van der Waals surface area contributed by atoms with E-state index in [1.165, 1.54) is 18.5 Å². The number of ether oxygens (including phenoxy) is 2. The number of amides is 1. The molecule has 0 atom stereocenters. The first-order valence-corrected chi connectivity index (χ1v) is 17.9. The van der Waals surface area contributed by atoms with Crippen molar-refractivity contribution in [2.24, 2.45) is 4.99 Å². The zero-order chi connectivity index (χ0) is 37.7. The van der Waals surface area contributed by atoms with E-state index in [4.69, 9.17) is 31.2 Å². The molecular formula is C36H47BrClFN8O4. The van der Waals surface area contributed by atoms with Crippen molar-refractivity contribution < 1.29 is 23.8 Å². The molecule has 2 N–H and O–H groups in total. The van der Waals surface area contributed by atoms with E-state index in [0.717, 1.165) is 30.0 Å². The van der Waals surface area contributed by atoms with E-state index in [1.54, 1.807) is 33.9 Å². The zero-order valence-electron chi connectivity index (χ0n) is 30.4. The number of pyridine rings is 2. The predicted molar refractivity (Wildman–Crippen MR) is 205 cm³/mol. The lowest BCUT2D eigenvalue weighted by molar-refractivity contribution is 0.0240. The minimum absolute atomic E-state index is 0.106. The number of nitrogens with zero attached hydrogens (tertiary/aromatic N) is 7. The number of amidine groups is 1. The average Bonchev–Trinajstić information content (AvgIpc) is 3.58. The van der Waals surface area contributed by atoms with Crippen LogP contribution in [-0.4, -0.2) is 80.4 Å². The van der Waals surface area contributed by atoms with Gasteiger partial charge in [0.2, 0.25) is 0 Å². The standard InChI is InChI=1S/C33H37BrClFN8O3.C2H6.CH4O/c1-6-7-8-10-37-30(40-26-18-24(35)27(19-25(26)36)46-22-9-11-44-28(17-22)38-20-39-44)29-21(2)16-23(34)31(41-29)42-12-14-43(15-13-42)32(45)47-33(3,4)5;2*1-2/h8-11,16-20H,6-7,12-15H2,1-5H3,(H,37,40);1-2H3;2H,1H3/b10-8+;;. The maximum atomic E-state index is 15.6. The van der Waals surface area contributed by atoms with Crippen molar-refractivity contribution in [3.05, 3.63) is 81.7 Å². The van der Waals surface area contributed by atoms with Crippen LogP contribution in [0.25, 0.3) is 5.65 Å². The summed E-state index contributed by atoms with van der Waals surface area (Å²) in [7, 11) is 1.00. The van der Waals surface area contributed by atoms with Crippen molar-refractivity contribution in [3.63, 3.8) is 0 Å². The number of nitrogens with one attached hydrogen (secondary N) is 1. The molecule has 0 spiro atoms. The fourth-order valence-electron chi connectivity index (χ4n) is 4.80. The van der Waals surface area contributed by atoms with E-state index >= 15 is 4.39 Å². The third-order valence-electron chi connectivity index (χ3n) is 7.12. The first-order chi connectivity index (χ1) is 24.4. The second-order valence-corrected chi connectivity index (χ2v) is 13.2. The molecule has 0 radical (unpaired) electrons. The Morgan fingerprint density at radius 2 is 1.86 bits per heavy atom. The number of aryl methyl sites for hydroxylation is 1. The summed E-state index contributed by atoms with van der Waals surface area (Å²) in [6.45, 7) is 15.6. The van der Waals surface area contributed by atoms with Crippen molar-refractivity contribution >= 4 is 56.6 Å². The lowest BCUT2D eigenvalue weighted by Gasteiger charge is -2.36. The number of hydrogen-bond donors (Lipinski definition) is 2. The van der Waals surface area contributed by atoms with Crippen molar-refractivity contribution in [2.45, 2.75) is 66.9 Å². The quantitative estimate of drug-likeness (QED) is 0.133. The highest BCUT2D eigenvalue weighted by Crippen LogP contribution is 2.35. The topological polar surface area (TPSA) is 130 Å². The van der Waals surface area contributed by atoms with Crippen LogP contribution in [0.4, 0.5) is 20.7 Å². The van der Waals surface area contributed by atoms with E-state index < -0.39 is 11.4 Å². The Bertz CT molecular complexity index is 1820. The summed E-state index contributed by atoms with van der Waals surface area (Å²) in [4.78, 5) is 30.2. The number of piperazine rings is 1. The molecule has 5 rings (SSSR count). The molecule has 15 heteroatoms. The van der Waals surface area contributed by atoms with Gasteiger partial charge in [0.25, 0.3) is 0 Å². The Morgan fingerprint density at radius 1 is 1.16 bits per heavy atom. The molecule has 4 aromatic rings. The average molecular weight is 790 g/mol. The first-order valence-electron chi connectivity index (χ1n) is 16.7. The van der Waals surface area contributed by atoms with Crippen molar-refractivity contribution in [3.8, 4) is 11.5 Å². The van der Waals surface area contributed by atoms with Gasteiger partial charge in [0, 0.05) is 57.8 Å². The van der Waals surface area contributed by atoms with Crippen LogP contribution in [0.1, 0.15) is 65.6 Å². The molecule has 0 unspecified atom stereocenters. The normalized spacial score (nSPS) is 13.4. The number of aliphatic hydroxyl groups is 1. The van der Waals surface area contributed by atoms with Crippen molar-refractivity contribution in [1.29, 1.82) is 0 Å². The minimum atomic E-state index is -0.591. The maximum Gasteiger partial charge on any atom is 0.410 e. The van der Waals surface area contributed by atoms with Gasteiger partial charge in [-0.1, -0.05) is 44.9 Å². The van der Waals surface area contributed by atoms with Gasteiger partial charge < -0.3 is 29.7 Å². The number of aliphatic hydroxyl groups excluding tert-OH is 1. The Labute approximate surface area is 312 Å². The maximum absolute atomic E-state index is 15.6. The largest absolute Gasteiger partial charge is 0.455 e. The minimum Gasteiger partial charge on any atom is -0.455 e. The Hall–Kier alpha value is -4.27. The number of carbonyl (C=O) groups excluding carboxylic acids is 1. The lowest BCUT2D eigenvalue weighted by Crippen LogP contribution is -2.50. The summed E-state index contributed by atoms with van der Waals surface area (Å²) in [5.74, 6) is 1.02. The summed E-state index contributed by atoms with van der Waals surface area (Å²) in [5.41, 5.74) is 1.48. The van der Waals surface area contributed by atoms with Gasteiger partial charge in [-0.15, -0.1) is 0 Å². The summed E-state index contributed by atoms with van der Waals surface area (Å²) in [6.07, 6.45) is 8.21. The van der Waals surface area contributed by atoms with Crippen molar-refractivity contribution in [1.82, 2.24) is 24.5 Å². The predicted octanol–water partition coefficient (Wildman–Crippen LogP) is 8.64. The van der Waals surface area contributed by atoms with Crippen LogP contribution in [0.3, 0.4) is 0 Å². The number of benzene rings is 1. The van der Waals surface area contributed by atoms with Gasteiger partial charge in [0.15, 0.2) is 11.5 Å². The molecule has 1 amide bonds. The number of rotatable bonds is 8. The van der Waals surface area contributed by atoms with Gasteiger partial charge in [-0.05, 0) is 73.8 Å². The molecule has 4 heterocycles.